The molecule has 5 nitrogen and oxygen atoms in total. The number of hydrogen-bond donors (Lipinski definition) is 2. The molecule has 26 heavy (non-hydrogen) atoms. The number of benzene rings is 2. The van der Waals surface area contributed by atoms with E-state index in [4.69, 9.17) is 0 Å². The van der Waals surface area contributed by atoms with Gasteiger partial charge in [-0.3, -0.25) is 9.59 Å². The molecule has 0 bridgehead atoms. The summed E-state index contributed by atoms with van der Waals surface area (Å²) in [4.78, 5) is 29.3. The van der Waals surface area contributed by atoms with Crippen LogP contribution in [0.3, 0.4) is 0 Å². The first-order valence-corrected chi connectivity index (χ1v) is 8.88. The normalized spacial score (nSPS) is 13.0. The van der Waals surface area contributed by atoms with Crippen molar-refractivity contribution in [2.45, 2.75) is 33.0 Å². The maximum absolute atomic E-state index is 12.9. The van der Waals surface area contributed by atoms with E-state index in [-0.39, 0.29) is 11.8 Å². The van der Waals surface area contributed by atoms with Gasteiger partial charge in [-0.25, -0.2) is 0 Å². The number of nitrogens with one attached hydrogen (secondary N) is 2. The zero-order valence-corrected chi connectivity index (χ0v) is 14.7. The molecule has 1 aromatic heterocycles. The fourth-order valence-electron chi connectivity index (χ4n) is 3.40. The SMILES string of the molecule is CCC(=O)NCc1ccc2c(c1)CN(C(=O)c1ccc3[nH]ccc3c1)C2. The summed E-state index contributed by atoms with van der Waals surface area (Å²) in [6, 6.07) is 13.9. The Kier molecular flexibility index (Phi) is 4.21. The molecule has 2 heterocycles. The lowest BCUT2D eigenvalue weighted by Gasteiger charge is -2.15. The summed E-state index contributed by atoms with van der Waals surface area (Å²) < 4.78 is 0. The van der Waals surface area contributed by atoms with E-state index in [1.54, 1.807) is 0 Å². The van der Waals surface area contributed by atoms with Crippen LogP contribution in [0.1, 0.15) is 40.4 Å². The van der Waals surface area contributed by atoms with Crippen LogP contribution in [0, 0.1) is 0 Å². The standard InChI is InChI=1S/C21H21N3O2/c1-2-20(25)23-11-14-3-4-17-12-24(13-18(17)9-14)21(26)16-5-6-19-15(10-16)7-8-22-19/h3-10,22H,2,11-13H2,1H3,(H,23,25). The molecular weight excluding hydrogens is 326 g/mol. The average molecular weight is 347 g/mol. The summed E-state index contributed by atoms with van der Waals surface area (Å²) >= 11 is 0. The van der Waals surface area contributed by atoms with Gasteiger partial charge < -0.3 is 15.2 Å². The van der Waals surface area contributed by atoms with Crippen molar-refractivity contribution < 1.29 is 9.59 Å². The molecule has 1 aliphatic rings. The molecule has 0 spiro atoms. The first-order chi connectivity index (χ1) is 12.6. The number of carbonyl (C=O) groups excluding carboxylic acids is 2. The number of aromatic nitrogens is 1. The number of amides is 2. The lowest BCUT2D eigenvalue weighted by Crippen LogP contribution is -2.25. The van der Waals surface area contributed by atoms with Gasteiger partial charge in [-0.1, -0.05) is 25.1 Å². The predicted octanol–water partition coefficient (Wildman–Crippen LogP) is 3.35. The van der Waals surface area contributed by atoms with Gasteiger partial charge in [-0.05, 0) is 41.0 Å². The van der Waals surface area contributed by atoms with E-state index in [1.807, 2.05) is 48.4 Å². The Morgan fingerprint density at radius 2 is 1.92 bits per heavy atom. The van der Waals surface area contributed by atoms with E-state index >= 15 is 0 Å². The Labute approximate surface area is 152 Å². The van der Waals surface area contributed by atoms with Crippen LogP contribution in [0.4, 0.5) is 0 Å². The van der Waals surface area contributed by atoms with Gasteiger partial charge in [0.25, 0.3) is 5.91 Å². The topological polar surface area (TPSA) is 65.2 Å². The number of carbonyl (C=O) groups is 2. The summed E-state index contributed by atoms with van der Waals surface area (Å²) in [5, 5.41) is 3.93. The number of rotatable bonds is 4. The van der Waals surface area contributed by atoms with Gasteiger partial charge in [0.15, 0.2) is 0 Å². The smallest absolute Gasteiger partial charge is 0.254 e. The highest BCUT2D eigenvalue weighted by molar-refractivity contribution is 5.98. The molecule has 0 aliphatic carbocycles. The maximum atomic E-state index is 12.9. The van der Waals surface area contributed by atoms with Gasteiger partial charge in [0.1, 0.15) is 0 Å². The van der Waals surface area contributed by atoms with Crippen LogP contribution in [0.2, 0.25) is 0 Å². The van der Waals surface area contributed by atoms with E-state index in [0.717, 1.165) is 22.0 Å². The minimum absolute atomic E-state index is 0.0439. The highest BCUT2D eigenvalue weighted by atomic mass is 16.2. The quantitative estimate of drug-likeness (QED) is 0.760. The van der Waals surface area contributed by atoms with E-state index in [0.29, 0.717) is 31.6 Å². The Bertz CT molecular complexity index is 990. The molecular formula is C21H21N3O2. The summed E-state index contributed by atoms with van der Waals surface area (Å²) in [7, 11) is 0. The molecule has 2 N–H and O–H groups in total. The zero-order chi connectivity index (χ0) is 18.1. The van der Waals surface area contributed by atoms with Crippen molar-refractivity contribution in [1.29, 1.82) is 0 Å². The molecule has 0 saturated heterocycles. The molecule has 2 aromatic carbocycles. The molecule has 4 rings (SSSR count). The first-order valence-electron chi connectivity index (χ1n) is 8.88. The minimum atomic E-state index is 0.0439. The lowest BCUT2D eigenvalue weighted by atomic mass is 10.1. The zero-order valence-electron chi connectivity index (χ0n) is 14.7. The van der Waals surface area contributed by atoms with Crippen LogP contribution < -0.4 is 5.32 Å². The summed E-state index contributed by atoms with van der Waals surface area (Å²) in [6.45, 7) is 3.60. The molecule has 1 aliphatic heterocycles. The third kappa shape index (κ3) is 3.08. The second-order valence-corrected chi connectivity index (χ2v) is 6.67. The third-order valence-corrected chi connectivity index (χ3v) is 4.89. The molecule has 0 unspecified atom stereocenters. The highest BCUT2D eigenvalue weighted by Gasteiger charge is 2.24. The van der Waals surface area contributed by atoms with Crippen molar-refractivity contribution in [1.82, 2.24) is 15.2 Å². The van der Waals surface area contributed by atoms with Gasteiger partial charge in [0.2, 0.25) is 5.91 Å². The first kappa shape index (κ1) is 16.4. The van der Waals surface area contributed by atoms with E-state index in [9.17, 15) is 9.59 Å². The molecule has 0 atom stereocenters. The number of nitrogens with zero attached hydrogens (tertiary/aromatic N) is 1. The number of hydrogen-bond acceptors (Lipinski definition) is 2. The van der Waals surface area contributed by atoms with E-state index in [1.165, 1.54) is 5.56 Å². The Morgan fingerprint density at radius 1 is 1.08 bits per heavy atom. The summed E-state index contributed by atoms with van der Waals surface area (Å²) in [5.41, 5.74) is 5.13. The molecule has 0 saturated carbocycles. The number of aromatic amines is 1. The largest absolute Gasteiger partial charge is 0.361 e. The monoisotopic (exact) mass is 347 g/mol. The number of fused-ring (bicyclic) bond motifs is 2. The molecule has 0 fully saturated rings. The van der Waals surface area contributed by atoms with Crippen molar-refractivity contribution in [2.24, 2.45) is 0 Å². The van der Waals surface area contributed by atoms with Crippen LogP contribution in [0.25, 0.3) is 10.9 Å². The van der Waals surface area contributed by atoms with Crippen LogP contribution in [0.15, 0.2) is 48.7 Å². The summed E-state index contributed by atoms with van der Waals surface area (Å²) in [5.74, 6) is 0.0904. The van der Waals surface area contributed by atoms with Crippen molar-refractivity contribution in [3.8, 4) is 0 Å². The lowest BCUT2D eigenvalue weighted by molar-refractivity contribution is -0.120. The third-order valence-electron chi connectivity index (χ3n) is 4.89. The van der Waals surface area contributed by atoms with Crippen molar-refractivity contribution in [3.63, 3.8) is 0 Å². The Hall–Kier alpha value is -3.08. The van der Waals surface area contributed by atoms with Crippen molar-refractivity contribution >= 4 is 22.7 Å². The second kappa shape index (κ2) is 6.67. The second-order valence-electron chi connectivity index (χ2n) is 6.67. The molecule has 2 amide bonds. The molecule has 0 radical (unpaired) electrons. The van der Waals surface area contributed by atoms with Crippen molar-refractivity contribution in [3.05, 3.63) is 70.9 Å². The Balaban J connectivity index is 1.48. The van der Waals surface area contributed by atoms with Gasteiger partial charge in [-0.15, -0.1) is 0 Å². The van der Waals surface area contributed by atoms with E-state index < -0.39 is 0 Å². The van der Waals surface area contributed by atoms with Crippen molar-refractivity contribution in [2.75, 3.05) is 0 Å². The van der Waals surface area contributed by atoms with Crippen LogP contribution >= 0.6 is 0 Å². The van der Waals surface area contributed by atoms with Gasteiger partial charge >= 0.3 is 0 Å². The number of H-pyrrole nitrogens is 1. The van der Waals surface area contributed by atoms with Gasteiger partial charge in [0.05, 0.1) is 0 Å². The fraction of sp³-hybridized carbons (Fsp3) is 0.238. The van der Waals surface area contributed by atoms with Crippen LogP contribution in [0.5, 0.6) is 0 Å². The Morgan fingerprint density at radius 3 is 2.77 bits per heavy atom. The van der Waals surface area contributed by atoms with E-state index in [2.05, 4.69) is 22.4 Å². The predicted molar refractivity (Wildman–Crippen MR) is 100 cm³/mol. The van der Waals surface area contributed by atoms with Gasteiger partial charge in [-0.2, -0.15) is 0 Å². The summed E-state index contributed by atoms with van der Waals surface area (Å²) in [6.07, 6.45) is 2.36. The van der Waals surface area contributed by atoms with Crippen LogP contribution in [-0.4, -0.2) is 21.7 Å². The average Bonchev–Trinajstić information content (AvgIpc) is 3.30. The minimum Gasteiger partial charge on any atom is -0.361 e. The maximum Gasteiger partial charge on any atom is 0.254 e. The van der Waals surface area contributed by atoms with Crippen LogP contribution in [-0.2, 0) is 24.4 Å². The molecule has 5 heteroatoms. The fourth-order valence-corrected chi connectivity index (χ4v) is 3.40. The highest BCUT2D eigenvalue weighted by Crippen LogP contribution is 2.26. The molecule has 3 aromatic rings. The van der Waals surface area contributed by atoms with Gasteiger partial charge in [0, 0.05) is 48.7 Å². The molecule has 132 valence electrons.